The molecular weight excluding hydrogens is 348 g/mol. The van der Waals surface area contributed by atoms with Gasteiger partial charge >= 0.3 is 5.97 Å². The highest BCUT2D eigenvalue weighted by molar-refractivity contribution is 7.90. The monoisotopic (exact) mass is 370 g/mol. The van der Waals surface area contributed by atoms with Crippen molar-refractivity contribution in [1.29, 1.82) is 0 Å². The Morgan fingerprint density at radius 1 is 1.16 bits per heavy atom. The fourth-order valence-corrected chi connectivity index (χ4v) is 2.64. The Morgan fingerprint density at radius 2 is 1.76 bits per heavy atom. The number of carbonyl (C=O) groups excluding carboxylic acids is 3. The van der Waals surface area contributed by atoms with E-state index in [0.717, 1.165) is 6.26 Å². The van der Waals surface area contributed by atoms with Crippen molar-refractivity contribution in [1.82, 2.24) is 5.32 Å². The first-order chi connectivity index (χ1) is 11.6. The summed E-state index contributed by atoms with van der Waals surface area (Å²) < 4.78 is 27.4. The minimum atomic E-state index is -3.26. The number of esters is 1. The molecule has 0 saturated heterocycles. The third kappa shape index (κ3) is 7.79. The van der Waals surface area contributed by atoms with Gasteiger partial charge in [-0.15, -0.1) is 0 Å². The fraction of sp³-hybridized carbons (Fsp3) is 0.438. The lowest BCUT2D eigenvalue weighted by Gasteiger charge is -2.17. The quantitative estimate of drug-likeness (QED) is 0.652. The topological polar surface area (TPSA) is 119 Å². The molecule has 2 N–H and O–H groups in total. The van der Waals surface area contributed by atoms with Gasteiger partial charge in [0.25, 0.3) is 0 Å². The van der Waals surface area contributed by atoms with Crippen LogP contribution in [0.4, 0.5) is 5.69 Å². The van der Waals surface area contributed by atoms with Crippen LogP contribution in [-0.4, -0.2) is 50.9 Å². The summed E-state index contributed by atoms with van der Waals surface area (Å²) in [7, 11) is -3.26. The molecule has 1 rings (SSSR count). The van der Waals surface area contributed by atoms with Gasteiger partial charge in [-0.2, -0.15) is 0 Å². The molecular formula is C16H22N2O6S. The molecule has 0 heterocycles. The van der Waals surface area contributed by atoms with Gasteiger partial charge in [0.15, 0.2) is 0 Å². The van der Waals surface area contributed by atoms with E-state index in [9.17, 15) is 22.8 Å². The van der Waals surface area contributed by atoms with E-state index in [0.29, 0.717) is 11.3 Å². The van der Waals surface area contributed by atoms with Gasteiger partial charge in [0.05, 0.1) is 17.9 Å². The molecule has 0 unspecified atom stereocenters. The maximum Gasteiger partial charge on any atom is 0.338 e. The molecule has 0 aliphatic carbocycles. The summed E-state index contributed by atoms with van der Waals surface area (Å²) in [6.07, 6.45) is 1.02. The van der Waals surface area contributed by atoms with E-state index in [4.69, 9.17) is 4.74 Å². The second kappa shape index (κ2) is 9.16. The van der Waals surface area contributed by atoms with Crippen LogP contribution in [0.1, 0.15) is 30.6 Å². The van der Waals surface area contributed by atoms with Crippen molar-refractivity contribution >= 4 is 33.3 Å². The van der Waals surface area contributed by atoms with Crippen molar-refractivity contribution in [3.63, 3.8) is 0 Å². The van der Waals surface area contributed by atoms with Gasteiger partial charge < -0.3 is 15.4 Å². The first-order valence-electron chi connectivity index (χ1n) is 7.65. The lowest BCUT2D eigenvalue weighted by atomic mass is 10.1. The van der Waals surface area contributed by atoms with E-state index in [1.165, 1.54) is 31.2 Å². The Morgan fingerprint density at radius 3 is 2.24 bits per heavy atom. The number of carbonyl (C=O) groups is 3. The van der Waals surface area contributed by atoms with E-state index in [1.807, 2.05) is 0 Å². The van der Waals surface area contributed by atoms with Gasteiger partial charge in [0, 0.05) is 18.9 Å². The summed E-state index contributed by atoms with van der Waals surface area (Å²) in [4.78, 5) is 35.1. The Bertz CT molecular complexity index is 727. The van der Waals surface area contributed by atoms with Crippen LogP contribution < -0.4 is 10.6 Å². The molecule has 1 atom stereocenters. The highest BCUT2D eigenvalue weighted by Gasteiger charge is 2.21. The van der Waals surface area contributed by atoms with Gasteiger partial charge in [0.2, 0.25) is 11.8 Å². The van der Waals surface area contributed by atoms with Crippen LogP contribution >= 0.6 is 0 Å². The van der Waals surface area contributed by atoms with Crippen LogP contribution in [0, 0.1) is 0 Å². The minimum absolute atomic E-state index is 0.0366. The summed E-state index contributed by atoms with van der Waals surface area (Å²) >= 11 is 0. The molecule has 0 radical (unpaired) electrons. The molecule has 0 fully saturated rings. The number of hydrogen-bond acceptors (Lipinski definition) is 6. The highest BCUT2D eigenvalue weighted by atomic mass is 32.2. The van der Waals surface area contributed by atoms with Gasteiger partial charge in [-0.3, -0.25) is 9.59 Å². The standard InChI is InChI=1S/C16H22N2O6S/c1-4-24-16(21)12-5-7-13(8-6-12)18-15(20)14(17-11(2)19)9-10-25(3,22)23/h5-8,14H,4,9-10H2,1-3H3,(H,17,19)(H,18,20)/t14-/m1/s1. The van der Waals surface area contributed by atoms with Gasteiger partial charge in [0.1, 0.15) is 15.9 Å². The van der Waals surface area contributed by atoms with E-state index < -0.39 is 33.7 Å². The molecule has 1 aromatic rings. The molecule has 0 aliphatic heterocycles. The number of amides is 2. The van der Waals surface area contributed by atoms with Crippen LogP contribution in [-0.2, 0) is 24.2 Å². The third-order valence-corrected chi connectivity index (χ3v) is 4.11. The summed E-state index contributed by atoms with van der Waals surface area (Å²) in [6, 6.07) is 5.06. The normalized spacial score (nSPS) is 12.1. The van der Waals surface area contributed by atoms with Gasteiger partial charge in [-0.05, 0) is 37.6 Å². The van der Waals surface area contributed by atoms with Crippen molar-refractivity contribution in [3.05, 3.63) is 29.8 Å². The van der Waals surface area contributed by atoms with Crippen molar-refractivity contribution in [2.45, 2.75) is 26.3 Å². The van der Waals surface area contributed by atoms with Crippen LogP contribution in [0.15, 0.2) is 24.3 Å². The zero-order chi connectivity index (χ0) is 19.0. The molecule has 2 amide bonds. The van der Waals surface area contributed by atoms with E-state index in [1.54, 1.807) is 6.92 Å². The van der Waals surface area contributed by atoms with Crippen molar-refractivity contribution in [3.8, 4) is 0 Å². The van der Waals surface area contributed by atoms with Crippen molar-refractivity contribution < 1.29 is 27.5 Å². The van der Waals surface area contributed by atoms with Gasteiger partial charge in [-0.25, -0.2) is 13.2 Å². The predicted molar refractivity (Wildman–Crippen MR) is 93.0 cm³/mol. The number of rotatable bonds is 8. The van der Waals surface area contributed by atoms with Crippen LogP contribution in [0.3, 0.4) is 0 Å². The molecule has 25 heavy (non-hydrogen) atoms. The summed E-state index contributed by atoms with van der Waals surface area (Å²) in [6.45, 7) is 3.20. The largest absolute Gasteiger partial charge is 0.462 e. The molecule has 0 aliphatic rings. The molecule has 0 saturated carbocycles. The second-order valence-electron chi connectivity index (χ2n) is 5.46. The second-order valence-corrected chi connectivity index (χ2v) is 7.72. The predicted octanol–water partition coefficient (Wildman–Crippen LogP) is 0.741. The zero-order valence-electron chi connectivity index (χ0n) is 14.4. The lowest BCUT2D eigenvalue weighted by molar-refractivity contribution is -0.125. The van der Waals surface area contributed by atoms with Crippen molar-refractivity contribution in [2.24, 2.45) is 0 Å². The molecule has 9 heteroatoms. The number of hydrogen-bond donors (Lipinski definition) is 2. The molecule has 0 spiro atoms. The fourth-order valence-electron chi connectivity index (χ4n) is 1.98. The first-order valence-corrected chi connectivity index (χ1v) is 9.71. The SMILES string of the molecule is CCOC(=O)c1ccc(NC(=O)[C@@H](CCS(C)(=O)=O)NC(C)=O)cc1. The van der Waals surface area contributed by atoms with Crippen LogP contribution in [0.5, 0.6) is 0 Å². The lowest BCUT2D eigenvalue weighted by Crippen LogP contribution is -2.43. The third-order valence-electron chi connectivity index (χ3n) is 3.13. The average Bonchev–Trinajstić information content (AvgIpc) is 2.51. The Balaban J connectivity index is 2.78. The van der Waals surface area contributed by atoms with E-state index >= 15 is 0 Å². The van der Waals surface area contributed by atoms with E-state index in [-0.39, 0.29) is 18.8 Å². The first kappa shape index (κ1) is 20.6. The molecule has 1 aromatic carbocycles. The van der Waals surface area contributed by atoms with Crippen LogP contribution in [0.2, 0.25) is 0 Å². The van der Waals surface area contributed by atoms with Crippen molar-refractivity contribution in [2.75, 3.05) is 23.9 Å². The number of sulfone groups is 1. The van der Waals surface area contributed by atoms with Crippen LogP contribution in [0.25, 0.3) is 0 Å². The number of benzene rings is 1. The molecule has 138 valence electrons. The Labute approximate surface area is 146 Å². The zero-order valence-corrected chi connectivity index (χ0v) is 15.2. The smallest absolute Gasteiger partial charge is 0.338 e. The summed E-state index contributed by atoms with van der Waals surface area (Å²) in [5.74, 6) is -1.67. The summed E-state index contributed by atoms with van der Waals surface area (Å²) in [5.41, 5.74) is 0.753. The number of nitrogens with one attached hydrogen (secondary N) is 2. The average molecular weight is 370 g/mol. The Kier molecular flexibility index (Phi) is 7.56. The maximum absolute atomic E-state index is 12.3. The number of ether oxygens (including phenoxy) is 1. The molecule has 8 nitrogen and oxygen atoms in total. The summed E-state index contributed by atoms with van der Waals surface area (Å²) in [5, 5.41) is 5.01. The van der Waals surface area contributed by atoms with Gasteiger partial charge in [-0.1, -0.05) is 0 Å². The molecule has 0 aromatic heterocycles. The Hall–Kier alpha value is -2.42. The minimum Gasteiger partial charge on any atom is -0.462 e. The highest BCUT2D eigenvalue weighted by Crippen LogP contribution is 2.12. The number of anilines is 1. The maximum atomic E-state index is 12.3. The molecule has 0 bridgehead atoms. The van der Waals surface area contributed by atoms with E-state index in [2.05, 4.69) is 10.6 Å².